The number of rotatable bonds is 5. The second kappa shape index (κ2) is 9.00. The second-order valence-corrected chi connectivity index (χ2v) is 9.27. The largest absolute Gasteiger partial charge is 0.478 e. The molecular formula is C28H25N3O3S. The van der Waals surface area contributed by atoms with E-state index in [1.807, 2.05) is 37.3 Å². The molecule has 1 aliphatic rings. The van der Waals surface area contributed by atoms with Gasteiger partial charge in [0.25, 0.3) is 0 Å². The summed E-state index contributed by atoms with van der Waals surface area (Å²) >= 11 is 5.81. The Kier molecular flexibility index (Phi) is 5.86. The molecule has 176 valence electrons. The lowest BCUT2D eigenvalue weighted by Crippen LogP contribution is -2.29. The lowest BCUT2D eigenvalue weighted by atomic mass is 10.0. The van der Waals surface area contributed by atoms with Crippen molar-refractivity contribution in [2.45, 2.75) is 32.9 Å². The van der Waals surface area contributed by atoms with Gasteiger partial charge in [0, 0.05) is 17.4 Å². The first-order valence-electron chi connectivity index (χ1n) is 11.3. The minimum atomic E-state index is -0.951. The summed E-state index contributed by atoms with van der Waals surface area (Å²) in [5.41, 5.74) is 6.09. The summed E-state index contributed by atoms with van der Waals surface area (Å²) in [6.45, 7) is 6.03. The third-order valence-corrected chi connectivity index (χ3v) is 6.55. The minimum absolute atomic E-state index is 0.209. The van der Waals surface area contributed by atoms with Gasteiger partial charge < -0.3 is 19.7 Å². The highest BCUT2D eigenvalue weighted by Crippen LogP contribution is 2.43. The number of benzene rings is 2. The fourth-order valence-corrected chi connectivity index (χ4v) is 5.09. The molecule has 1 fully saturated rings. The van der Waals surface area contributed by atoms with Crippen LogP contribution >= 0.6 is 12.2 Å². The maximum atomic E-state index is 11.3. The zero-order chi connectivity index (χ0) is 24.7. The normalized spacial score (nSPS) is 17.5. The van der Waals surface area contributed by atoms with E-state index in [2.05, 4.69) is 47.2 Å². The Morgan fingerprint density at radius 2 is 1.80 bits per heavy atom. The van der Waals surface area contributed by atoms with Gasteiger partial charge in [-0.05, 0) is 98.2 Å². The number of aromatic nitrogens is 1. The van der Waals surface area contributed by atoms with Crippen molar-refractivity contribution in [3.63, 3.8) is 0 Å². The van der Waals surface area contributed by atoms with Gasteiger partial charge >= 0.3 is 5.97 Å². The van der Waals surface area contributed by atoms with Crippen LogP contribution < -0.4 is 10.2 Å². The van der Waals surface area contributed by atoms with Crippen molar-refractivity contribution in [2.24, 2.45) is 0 Å². The molecule has 2 N–H and O–H groups in total. The molecule has 2 unspecified atom stereocenters. The number of pyridine rings is 1. The Labute approximate surface area is 209 Å². The number of thiocarbonyl (C=S) groups is 1. The average Bonchev–Trinajstić information content (AvgIpc) is 3.43. The Hall–Kier alpha value is -3.97. The van der Waals surface area contributed by atoms with Gasteiger partial charge in [-0.1, -0.05) is 18.2 Å². The molecule has 0 aliphatic carbocycles. The van der Waals surface area contributed by atoms with Crippen molar-refractivity contribution in [3.05, 3.63) is 107 Å². The Balaban J connectivity index is 1.60. The zero-order valence-electron chi connectivity index (χ0n) is 19.6. The van der Waals surface area contributed by atoms with Crippen molar-refractivity contribution in [3.8, 4) is 11.3 Å². The Morgan fingerprint density at radius 1 is 1.03 bits per heavy atom. The molecule has 0 bridgehead atoms. The van der Waals surface area contributed by atoms with E-state index >= 15 is 0 Å². The zero-order valence-corrected chi connectivity index (χ0v) is 20.5. The lowest BCUT2D eigenvalue weighted by molar-refractivity contribution is 0.0696. The predicted molar refractivity (Wildman–Crippen MR) is 140 cm³/mol. The average molecular weight is 484 g/mol. The van der Waals surface area contributed by atoms with Crippen LogP contribution in [0.2, 0.25) is 0 Å². The molecule has 5 rings (SSSR count). The summed E-state index contributed by atoms with van der Waals surface area (Å²) in [5.74, 6) is 0.462. The predicted octanol–water partition coefficient (Wildman–Crippen LogP) is 6.14. The molecule has 6 nitrogen and oxygen atoms in total. The van der Waals surface area contributed by atoms with Crippen LogP contribution in [0.3, 0.4) is 0 Å². The van der Waals surface area contributed by atoms with Gasteiger partial charge in [0.1, 0.15) is 17.6 Å². The second-order valence-electron chi connectivity index (χ2n) is 8.88. The summed E-state index contributed by atoms with van der Waals surface area (Å²) in [4.78, 5) is 18.0. The van der Waals surface area contributed by atoms with E-state index < -0.39 is 5.97 Å². The first kappa shape index (κ1) is 22.8. The van der Waals surface area contributed by atoms with Gasteiger partial charge in [-0.25, -0.2) is 4.79 Å². The topological polar surface area (TPSA) is 78.6 Å². The highest BCUT2D eigenvalue weighted by Gasteiger charge is 2.42. The van der Waals surface area contributed by atoms with Crippen molar-refractivity contribution in [2.75, 3.05) is 4.90 Å². The molecular weight excluding hydrogens is 458 g/mol. The molecule has 0 amide bonds. The molecule has 2 aromatic heterocycles. The number of aryl methyl sites for hydroxylation is 3. The van der Waals surface area contributed by atoms with Crippen LogP contribution in [0.4, 0.5) is 5.69 Å². The number of furan rings is 1. The van der Waals surface area contributed by atoms with E-state index in [0.29, 0.717) is 10.9 Å². The number of carbonyl (C=O) groups is 1. The summed E-state index contributed by atoms with van der Waals surface area (Å²) in [7, 11) is 0. The number of carboxylic acids is 1. The third kappa shape index (κ3) is 4.31. The molecule has 3 heterocycles. The minimum Gasteiger partial charge on any atom is -0.478 e. The molecule has 0 radical (unpaired) electrons. The van der Waals surface area contributed by atoms with Crippen LogP contribution in [0.25, 0.3) is 11.3 Å². The number of hydrogen-bond acceptors (Lipinski definition) is 4. The number of carboxylic acid groups (broad SMARTS) is 1. The molecule has 35 heavy (non-hydrogen) atoms. The number of anilines is 1. The van der Waals surface area contributed by atoms with Crippen molar-refractivity contribution >= 4 is 29.0 Å². The molecule has 7 heteroatoms. The van der Waals surface area contributed by atoms with Gasteiger partial charge in [-0.3, -0.25) is 4.98 Å². The summed E-state index contributed by atoms with van der Waals surface area (Å²) in [6, 6.07) is 20.7. The number of aromatic carboxylic acids is 1. The molecule has 4 aromatic rings. The fraction of sp³-hybridized carbons (Fsp3) is 0.179. The monoisotopic (exact) mass is 483 g/mol. The van der Waals surface area contributed by atoms with Crippen LogP contribution in [0, 0.1) is 20.8 Å². The molecule has 0 spiro atoms. The van der Waals surface area contributed by atoms with Crippen LogP contribution in [0.5, 0.6) is 0 Å². The maximum absolute atomic E-state index is 11.3. The van der Waals surface area contributed by atoms with Crippen LogP contribution in [0.15, 0.2) is 77.3 Å². The van der Waals surface area contributed by atoms with Crippen LogP contribution in [-0.4, -0.2) is 21.2 Å². The quantitative estimate of drug-likeness (QED) is 0.330. The van der Waals surface area contributed by atoms with Gasteiger partial charge in [-0.2, -0.15) is 0 Å². The standard InChI is InChI=1S/C28H25N3O3S/c1-16-12-17(2)14-20(13-16)31-26(25(30-28(31)35)22-6-4-5-11-29-22)24-10-9-23(34-24)21-8-7-19(27(32)33)15-18(21)3/h4-15,25-26H,1-3H3,(H,30,35)(H,32,33). The van der Waals surface area contributed by atoms with Crippen molar-refractivity contribution in [1.29, 1.82) is 0 Å². The van der Waals surface area contributed by atoms with Gasteiger partial charge in [0.15, 0.2) is 5.11 Å². The van der Waals surface area contributed by atoms with Crippen LogP contribution in [0.1, 0.15) is 50.6 Å². The lowest BCUT2D eigenvalue weighted by Gasteiger charge is -2.26. The van der Waals surface area contributed by atoms with Crippen LogP contribution in [-0.2, 0) is 0 Å². The first-order chi connectivity index (χ1) is 16.8. The summed E-state index contributed by atoms with van der Waals surface area (Å²) in [6.07, 6.45) is 1.78. The summed E-state index contributed by atoms with van der Waals surface area (Å²) < 4.78 is 6.43. The van der Waals surface area contributed by atoms with E-state index in [4.69, 9.17) is 16.6 Å². The van der Waals surface area contributed by atoms with E-state index in [1.165, 1.54) is 0 Å². The molecule has 1 saturated heterocycles. The highest BCUT2D eigenvalue weighted by molar-refractivity contribution is 7.80. The molecule has 2 aromatic carbocycles. The van der Waals surface area contributed by atoms with E-state index in [9.17, 15) is 9.90 Å². The summed E-state index contributed by atoms with van der Waals surface area (Å²) in [5, 5.41) is 13.4. The van der Waals surface area contributed by atoms with Crippen molar-refractivity contribution < 1.29 is 14.3 Å². The van der Waals surface area contributed by atoms with E-state index in [-0.39, 0.29) is 17.6 Å². The molecule has 1 aliphatic heterocycles. The van der Waals surface area contributed by atoms with Gasteiger partial charge in [0.2, 0.25) is 0 Å². The number of nitrogens with zero attached hydrogens (tertiary/aromatic N) is 2. The highest BCUT2D eigenvalue weighted by atomic mass is 32.1. The third-order valence-electron chi connectivity index (χ3n) is 6.24. The number of hydrogen-bond donors (Lipinski definition) is 2. The molecule has 2 atom stereocenters. The van der Waals surface area contributed by atoms with Gasteiger partial charge in [0.05, 0.1) is 17.3 Å². The first-order valence-corrected chi connectivity index (χ1v) is 11.8. The smallest absolute Gasteiger partial charge is 0.335 e. The fourth-order valence-electron chi connectivity index (χ4n) is 4.74. The van der Waals surface area contributed by atoms with Gasteiger partial charge in [-0.15, -0.1) is 0 Å². The van der Waals surface area contributed by atoms with E-state index in [0.717, 1.165) is 39.4 Å². The Bertz CT molecular complexity index is 1410. The Morgan fingerprint density at radius 3 is 2.46 bits per heavy atom. The SMILES string of the molecule is Cc1cc(C)cc(N2C(=S)NC(c3ccccn3)C2c2ccc(-c3ccc(C(=O)O)cc3C)o2)c1. The van der Waals surface area contributed by atoms with Crippen molar-refractivity contribution in [1.82, 2.24) is 10.3 Å². The molecule has 0 saturated carbocycles. The maximum Gasteiger partial charge on any atom is 0.335 e. The number of nitrogens with one attached hydrogen (secondary N) is 1. The van der Waals surface area contributed by atoms with E-state index in [1.54, 1.807) is 24.4 Å².